The van der Waals surface area contributed by atoms with Crippen molar-refractivity contribution in [2.45, 2.75) is 25.7 Å². The molecule has 0 radical (unpaired) electrons. The van der Waals surface area contributed by atoms with E-state index in [0.717, 1.165) is 17.3 Å². The van der Waals surface area contributed by atoms with E-state index in [1.165, 1.54) is 19.1 Å². The summed E-state index contributed by atoms with van der Waals surface area (Å²) in [5.41, 5.74) is 1.02. The van der Waals surface area contributed by atoms with E-state index < -0.39 is 23.7 Å². The second-order valence-electron chi connectivity index (χ2n) is 7.96. The first-order valence-electron chi connectivity index (χ1n) is 10.4. The minimum Gasteiger partial charge on any atom is -0.486 e. The SMILES string of the molecule is Cc1ccc(C(=O)N2CCn3cccc3[C@@H]2c2ccc3c(c2)OCCO3)cc1C(F)(F)F. The predicted octanol–water partition coefficient (Wildman–Crippen LogP) is 4.83. The second-order valence-corrected chi connectivity index (χ2v) is 7.96. The van der Waals surface area contributed by atoms with Gasteiger partial charge >= 0.3 is 6.18 Å². The summed E-state index contributed by atoms with van der Waals surface area (Å²) in [6, 6.07) is 12.7. The van der Waals surface area contributed by atoms with Crippen molar-refractivity contribution in [3.8, 4) is 11.5 Å². The highest BCUT2D eigenvalue weighted by Crippen LogP contribution is 2.39. The van der Waals surface area contributed by atoms with Crippen molar-refractivity contribution in [1.29, 1.82) is 0 Å². The standard InChI is InChI=1S/C24H21F3N2O3/c1-15-4-5-17(13-18(15)24(25,26)27)23(30)29-10-9-28-8-2-3-19(28)22(29)16-6-7-20-21(14-16)32-12-11-31-20/h2-8,13-14,22H,9-12H2,1H3/t22-/m0/s1. The summed E-state index contributed by atoms with van der Waals surface area (Å²) in [7, 11) is 0. The van der Waals surface area contributed by atoms with Crippen molar-refractivity contribution in [3.05, 3.63) is 82.7 Å². The fourth-order valence-electron chi connectivity index (χ4n) is 4.41. The first-order chi connectivity index (χ1) is 15.3. The lowest BCUT2D eigenvalue weighted by molar-refractivity contribution is -0.138. The van der Waals surface area contributed by atoms with Crippen LogP contribution >= 0.6 is 0 Å². The van der Waals surface area contributed by atoms with Crippen LogP contribution in [0.4, 0.5) is 13.2 Å². The zero-order chi connectivity index (χ0) is 22.5. The molecule has 0 bridgehead atoms. The molecule has 0 spiro atoms. The Kier molecular flexibility index (Phi) is 4.87. The lowest BCUT2D eigenvalue weighted by atomic mass is 9.97. The summed E-state index contributed by atoms with van der Waals surface area (Å²) in [5.74, 6) is 0.791. The third-order valence-electron chi connectivity index (χ3n) is 5.97. The van der Waals surface area contributed by atoms with E-state index in [2.05, 4.69) is 4.57 Å². The van der Waals surface area contributed by atoms with Crippen molar-refractivity contribution in [1.82, 2.24) is 9.47 Å². The molecule has 3 heterocycles. The lowest BCUT2D eigenvalue weighted by Gasteiger charge is -2.38. The van der Waals surface area contributed by atoms with Crippen LogP contribution in [0.1, 0.15) is 38.8 Å². The number of aryl methyl sites for hydroxylation is 1. The number of aromatic nitrogens is 1. The molecule has 3 aromatic rings. The van der Waals surface area contributed by atoms with Gasteiger partial charge in [-0.15, -0.1) is 0 Å². The van der Waals surface area contributed by atoms with E-state index in [0.29, 0.717) is 37.8 Å². The van der Waals surface area contributed by atoms with Crippen LogP contribution in [0.3, 0.4) is 0 Å². The monoisotopic (exact) mass is 442 g/mol. The molecular weight excluding hydrogens is 421 g/mol. The van der Waals surface area contributed by atoms with Crippen molar-refractivity contribution < 1.29 is 27.4 Å². The average molecular weight is 442 g/mol. The average Bonchev–Trinajstić information content (AvgIpc) is 3.26. The number of nitrogens with zero attached hydrogens (tertiary/aromatic N) is 2. The van der Waals surface area contributed by atoms with E-state index in [1.807, 2.05) is 36.5 Å². The maximum absolute atomic E-state index is 13.5. The summed E-state index contributed by atoms with van der Waals surface area (Å²) in [6.45, 7) is 3.23. The first-order valence-corrected chi connectivity index (χ1v) is 10.4. The van der Waals surface area contributed by atoms with Gasteiger partial charge in [0.15, 0.2) is 11.5 Å². The molecular formula is C24H21F3N2O3. The molecule has 1 aromatic heterocycles. The predicted molar refractivity (Wildman–Crippen MR) is 111 cm³/mol. The third kappa shape index (κ3) is 3.49. The quantitative estimate of drug-likeness (QED) is 0.571. The highest BCUT2D eigenvalue weighted by molar-refractivity contribution is 5.95. The van der Waals surface area contributed by atoms with Crippen LogP contribution in [-0.2, 0) is 12.7 Å². The first kappa shape index (κ1) is 20.5. The Bertz CT molecular complexity index is 1190. The van der Waals surface area contributed by atoms with E-state index in [-0.39, 0.29) is 11.1 Å². The van der Waals surface area contributed by atoms with Crippen LogP contribution < -0.4 is 9.47 Å². The summed E-state index contributed by atoms with van der Waals surface area (Å²) < 4.78 is 53.7. The van der Waals surface area contributed by atoms with Gasteiger partial charge < -0.3 is 18.9 Å². The van der Waals surface area contributed by atoms with Gasteiger partial charge in [-0.05, 0) is 54.4 Å². The van der Waals surface area contributed by atoms with Gasteiger partial charge in [-0.1, -0.05) is 12.1 Å². The lowest BCUT2D eigenvalue weighted by Crippen LogP contribution is -2.42. The normalized spacial score (nSPS) is 17.8. The van der Waals surface area contributed by atoms with Gasteiger partial charge in [0.2, 0.25) is 0 Å². The maximum atomic E-state index is 13.5. The number of hydrogen-bond acceptors (Lipinski definition) is 3. The van der Waals surface area contributed by atoms with Crippen molar-refractivity contribution in [2.75, 3.05) is 19.8 Å². The van der Waals surface area contributed by atoms with Crippen LogP contribution in [0.2, 0.25) is 0 Å². The largest absolute Gasteiger partial charge is 0.486 e. The number of rotatable bonds is 2. The van der Waals surface area contributed by atoms with E-state index in [4.69, 9.17) is 9.47 Å². The molecule has 166 valence electrons. The number of alkyl halides is 3. The molecule has 0 fully saturated rings. The number of hydrogen-bond donors (Lipinski definition) is 0. The van der Waals surface area contributed by atoms with Gasteiger partial charge in [-0.25, -0.2) is 0 Å². The Balaban J connectivity index is 1.57. The molecule has 5 rings (SSSR count). The molecule has 5 nitrogen and oxygen atoms in total. The molecule has 0 unspecified atom stereocenters. The van der Waals surface area contributed by atoms with Crippen LogP contribution in [0.5, 0.6) is 11.5 Å². The summed E-state index contributed by atoms with van der Waals surface area (Å²) in [5, 5.41) is 0. The molecule has 32 heavy (non-hydrogen) atoms. The molecule has 0 N–H and O–H groups in total. The molecule has 0 aliphatic carbocycles. The molecule has 0 saturated carbocycles. The number of halogens is 3. The fraction of sp³-hybridized carbons (Fsp3) is 0.292. The van der Waals surface area contributed by atoms with Gasteiger partial charge in [-0.2, -0.15) is 13.2 Å². The Morgan fingerprint density at radius 2 is 1.78 bits per heavy atom. The Hall–Kier alpha value is -3.42. The van der Waals surface area contributed by atoms with Crippen LogP contribution in [0.15, 0.2) is 54.7 Å². The maximum Gasteiger partial charge on any atom is 0.416 e. The molecule has 2 aliphatic heterocycles. The van der Waals surface area contributed by atoms with Gasteiger partial charge in [0, 0.05) is 30.5 Å². The summed E-state index contributed by atoms with van der Waals surface area (Å²) >= 11 is 0. The second kappa shape index (κ2) is 7.62. The molecule has 1 atom stereocenters. The van der Waals surface area contributed by atoms with Gasteiger partial charge in [0.05, 0.1) is 11.6 Å². The zero-order valence-electron chi connectivity index (χ0n) is 17.4. The van der Waals surface area contributed by atoms with Gasteiger partial charge in [0.1, 0.15) is 13.2 Å². The van der Waals surface area contributed by atoms with E-state index in [9.17, 15) is 18.0 Å². The number of fused-ring (bicyclic) bond motifs is 2. The Labute approximate surface area is 183 Å². The van der Waals surface area contributed by atoms with Gasteiger partial charge in [-0.3, -0.25) is 4.79 Å². The highest BCUT2D eigenvalue weighted by Gasteiger charge is 2.36. The minimum absolute atomic E-state index is 0.0190. The molecule has 2 aromatic carbocycles. The molecule has 1 amide bonds. The van der Waals surface area contributed by atoms with Crippen molar-refractivity contribution in [2.24, 2.45) is 0 Å². The van der Waals surface area contributed by atoms with Crippen molar-refractivity contribution in [3.63, 3.8) is 0 Å². The Morgan fingerprint density at radius 3 is 2.56 bits per heavy atom. The number of carbonyl (C=O) groups is 1. The molecule has 2 aliphatic rings. The summed E-state index contributed by atoms with van der Waals surface area (Å²) in [4.78, 5) is 15.1. The van der Waals surface area contributed by atoms with Crippen LogP contribution in [-0.4, -0.2) is 35.1 Å². The fourth-order valence-corrected chi connectivity index (χ4v) is 4.41. The number of ether oxygens (including phenoxy) is 2. The smallest absolute Gasteiger partial charge is 0.416 e. The third-order valence-corrected chi connectivity index (χ3v) is 5.97. The number of amides is 1. The zero-order valence-corrected chi connectivity index (χ0v) is 17.4. The molecule has 0 saturated heterocycles. The van der Waals surface area contributed by atoms with E-state index >= 15 is 0 Å². The van der Waals surface area contributed by atoms with Gasteiger partial charge in [0.25, 0.3) is 5.91 Å². The van der Waals surface area contributed by atoms with Crippen molar-refractivity contribution >= 4 is 5.91 Å². The minimum atomic E-state index is -4.52. The van der Waals surface area contributed by atoms with E-state index in [1.54, 1.807) is 4.90 Å². The number of benzene rings is 2. The summed E-state index contributed by atoms with van der Waals surface area (Å²) in [6.07, 6.45) is -2.58. The highest BCUT2D eigenvalue weighted by atomic mass is 19.4. The number of carbonyl (C=O) groups excluding carboxylic acids is 1. The topological polar surface area (TPSA) is 43.7 Å². The van der Waals surface area contributed by atoms with Crippen LogP contribution in [0, 0.1) is 6.92 Å². The Morgan fingerprint density at radius 1 is 1.00 bits per heavy atom. The molecule has 8 heteroatoms. The van der Waals surface area contributed by atoms with Crippen LogP contribution in [0.25, 0.3) is 0 Å².